The smallest absolute Gasteiger partial charge is 0.208 e. The second kappa shape index (κ2) is 5.11. The third-order valence-electron chi connectivity index (χ3n) is 2.82. The second-order valence-corrected chi connectivity index (χ2v) is 6.09. The van der Waals surface area contributed by atoms with Gasteiger partial charge in [-0.2, -0.15) is 0 Å². The number of aromatic nitrogens is 3. The molecule has 3 rings (SSSR count). The number of hydrogen-bond acceptors (Lipinski definition) is 3. The Morgan fingerprint density at radius 2 is 2.17 bits per heavy atom. The van der Waals surface area contributed by atoms with E-state index in [4.69, 9.17) is 23.2 Å². The number of rotatable bonds is 4. The summed E-state index contributed by atoms with van der Waals surface area (Å²) in [5.74, 6) is 2.36. The third kappa shape index (κ3) is 2.82. The molecule has 1 fully saturated rings. The molecule has 1 heterocycles. The summed E-state index contributed by atoms with van der Waals surface area (Å²) in [5.41, 5.74) is 1.05. The highest BCUT2D eigenvalue weighted by atomic mass is 35.5. The lowest BCUT2D eigenvalue weighted by Crippen LogP contribution is -1.84. The first kappa shape index (κ1) is 12.3. The molecule has 0 atom stereocenters. The first-order valence-electron chi connectivity index (χ1n) is 5.71. The molecule has 1 aliphatic rings. The molecular weight excluding hydrogens is 289 g/mol. The summed E-state index contributed by atoms with van der Waals surface area (Å²) >= 11 is 13.6. The molecule has 2 aromatic rings. The van der Waals surface area contributed by atoms with Gasteiger partial charge in [0.1, 0.15) is 5.82 Å². The molecule has 94 valence electrons. The topological polar surface area (TPSA) is 41.6 Å². The molecule has 0 bridgehead atoms. The average molecular weight is 300 g/mol. The van der Waals surface area contributed by atoms with Crippen molar-refractivity contribution in [2.24, 2.45) is 0 Å². The van der Waals surface area contributed by atoms with Crippen LogP contribution in [0.15, 0.2) is 23.4 Å². The van der Waals surface area contributed by atoms with Crippen molar-refractivity contribution in [1.82, 2.24) is 15.2 Å². The summed E-state index contributed by atoms with van der Waals surface area (Å²) in [6.07, 6.45) is 2.45. The highest BCUT2D eigenvalue weighted by Gasteiger charge is 2.27. The standard InChI is InChI=1S/C12H11Cl2N3S/c13-9-4-3-8(10(14)5-9)6-18-12-15-11(16-17-12)7-1-2-7/h3-5,7H,1-2,6H2,(H,15,16,17). The van der Waals surface area contributed by atoms with E-state index in [1.54, 1.807) is 17.8 Å². The Hall–Kier alpha value is -0.710. The maximum atomic E-state index is 6.12. The number of halogens is 2. The van der Waals surface area contributed by atoms with Crippen LogP contribution in [0.25, 0.3) is 0 Å². The molecule has 1 aliphatic carbocycles. The zero-order valence-corrected chi connectivity index (χ0v) is 11.8. The fourth-order valence-electron chi connectivity index (χ4n) is 1.64. The van der Waals surface area contributed by atoms with E-state index in [1.165, 1.54) is 12.8 Å². The van der Waals surface area contributed by atoms with Crippen LogP contribution in [0.2, 0.25) is 10.0 Å². The molecule has 1 N–H and O–H groups in total. The van der Waals surface area contributed by atoms with Crippen molar-refractivity contribution in [3.05, 3.63) is 39.6 Å². The summed E-state index contributed by atoms with van der Waals surface area (Å²) < 4.78 is 0. The first-order chi connectivity index (χ1) is 8.72. The molecule has 1 aromatic heterocycles. The molecule has 1 saturated carbocycles. The molecule has 0 radical (unpaired) electrons. The monoisotopic (exact) mass is 299 g/mol. The normalized spacial score (nSPS) is 15.0. The van der Waals surface area contributed by atoms with Gasteiger partial charge in [0.25, 0.3) is 0 Å². The van der Waals surface area contributed by atoms with Crippen molar-refractivity contribution in [1.29, 1.82) is 0 Å². The number of nitrogens with zero attached hydrogens (tertiary/aromatic N) is 2. The van der Waals surface area contributed by atoms with Crippen molar-refractivity contribution >= 4 is 35.0 Å². The predicted octanol–water partition coefficient (Wildman–Crippen LogP) is 4.28. The Bertz CT molecular complexity index is 566. The molecule has 0 spiro atoms. The number of H-pyrrole nitrogens is 1. The quantitative estimate of drug-likeness (QED) is 0.857. The second-order valence-electron chi connectivity index (χ2n) is 4.30. The van der Waals surface area contributed by atoms with E-state index >= 15 is 0 Å². The first-order valence-corrected chi connectivity index (χ1v) is 7.45. The molecule has 1 aromatic carbocycles. The van der Waals surface area contributed by atoms with E-state index < -0.39 is 0 Å². The number of benzene rings is 1. The van der Waals surface area contributed by atoms with E-state index in [9.17, 15) is 0 Å². The predicted molar refractivity (Wildman–Crippen MR) is 74.4 cm³/mol. The largest absolute Gasteiger partial charge is 0.262 e. The fraction of sp³-hybridized carbons (Fsp3) is 0.333. The zero-order valence-electron chi connectivity index (χ0n) is 9.49. The van der Waals surface area contributed by atoms with Gasteiger partial charge in [-0.3, -0.25) is 5.10 Å². The van der Waals surface area contributed by atoms with Crippen molar-refractivity contribution in [2.75, 3.05) is 0 Å². The van der Waals surface area contributed by atoms with Crippen LogP contribution in [-0.2, 0) is 5.75 Å². The summed E-state index contributed by atoms with van der Waals surface area (Å²) in [6.45, 7) is 0. The van der Waals surface area contributed by atoms with Crippen LogP contribution in [0.5, 0.6) is 0 Å². The maximum absolute atomic E-state index is 6.12. The summed E-state index contributed by atoms with van der Waals surface area (Å²) in [5, 5.41) is 9.31. The van der Waals surface area contributed by atoms with Gasteiger partial charge in [0.15, 0.2) is 0 Å². The van der Waals surface area contributed by atoms with Gasteiger partial charge >= 0.3 is 0 Å². The number of hydrogen-bond donors (Lipinski definition) is 1. The number of aromatic amines is 1. The van der Waals surface area contributed by atoms with Gasteiger partial charge in [-0.15, -0.1) is 5.10 Å². The Morgan fingerprint density at radius 3 is 2.89 bits per heavy atom. The maximum Gasteiger partial charge on any atom is 0.208 e. The molecule has 0 amide bonds. The van der Waals surface area contributed by atoms with Crippen molar-refractivity contribution in [2.45, 2.75) is 29.7 Å². The molecule has 18 heavy (non-hydrogen) atoms. The van der Waals surface area contributed by atoms with Crippen molar-refractivity contribution in [3.8, 4) is 0 Å². The average Bonchev–Trinajstić information content (AvgIpc) is 3.08. The van der Waals surface area contributed by atoms with Crippen LogP contribution in [0.1, 0.15) is 30.1 Å². The van der Waals surface area contributed by atoms with Gasteiger partial charge in [0.2, 0.25) is 5.16 Å². The summed E-state index contributed by atoms with van der Waals surface area (Å²) in [7, 11) is 0. The summed E-state index contributed by atoms with van der Waals surface area (Å²) in [4.78, 5) is 4.46. The zero-order chi connectivity index (χ0) is 12.5. The van der Waals surface area contributed by atoms with Gasteiger partial charge in [-0.25, -0.2) is 4.98 Å². The Balaban J connectivity index is 1.65. The Morgan fingerprint density at radius 1 is 1.33 bits per heavy atom. The minimum absolute atomic E-state index is 0.603. The third-order valence-corrected chi connectivity index (χ3v) is 4.30. The lowest BCUT2D eigenvalue weighted by atomic mass is 10.2. The molecule has 0 aliphatic heterocycles. The van der Waals surface area contributed by atoms with Crippen LogP contribution in [-0.4, -0.2) is 15.2 Å². The van der Waals surface area contributed by atoms with Crippen LogP contribution in [0, 0.1) is 0 Å². The van der Waals surface area contributed by atoms with Gasteiger partial charge < -0.3 is 0 Å². The lowest BCUT2D eigenvalue weighted by Gasteiger charge is -2.02. The van der Waals surface area contributed by atoms with Gasteiger partial charge in [0, 0.05) is 21.7 Å². The molecule has 6 heteroatoms. The SMILES string of the molecule is Clc1ccc(CSc2n[nH]c(C3CC3)n2)c(Cl)c1. The van der Waals surface area contributed by atoms with Gasteiger partial charge in [0.05, 0.1) is 0 Å². The van der Waals surface area contributed by atoms with Gasteiger partial charge in [-0.05, 0) is 30.5 Å². The minimum atomic E-state index is 0.603. The van der Waals surface area contributed by atoms with Gasteiger partial charge in [-0.1, -0.05) is 41.0 Å². The van der Waals surface area contributed by atoms with E-state index in [1.807, 2.05) is 12.1 Å². The van der Waals surface area contributed by atoms with Crippen LogP contribution in [0.4, 0.5) is 0 Å². The Labute approximate surface area is 119 Å². The van der Waals surface area contributed by atoms with E-state index in [-0.39, 0.29) is 0 Å². The fourth-order valence-corrected chi connectivity index (χ4v) is 3.01. The molecule has 0 saturated heterocycles. The summed E-state index contributed by atoms with van der Waals surface area (Å²) in [6, 6.07) is 5.54. The van der Waals surface area contributed by atoms with Crippen LogP contribution < -0.4 is 0 Å². The van der Waals surface area contributed by atoms with Crippen molar-refractivity contribution < 1.29 is 0 Å². The lowest BCUT2D eigenvalue weighted by molar-refractivity contribution is 0.932. The van der Waals surface area contributed by atoms with Crippen LogP contribution in [0.3, 0.4) is 0 Å². The molecular formula is C12H11Cl2N3S. The minimum Gasteiger partial charge on any atom is -0.262 e. The highest BCUT2D eigenvalue weighted by Crippen LogP contribution is 2.38. The van der Waals surface area contributed by atoms with E-state index in [2.05, 4.69) is 15.2 Å². The van der Waals surface area contributed by atoms with Crippen molar-refractivity contribution in [3.63, 3.8) is 0 Å². The number of thioether (sulfide) groups is 1. The number of nitrogens with one attached hydrogen (secondary N) is 1. The van der Waals surface area contributed by atoms with E-state index in [0.29, 0.717) is 16.0 Å². The highest BCUT2D eigenvalue weighted by molar-refractivity contribution is 7.98. The molecule has 0 unspecified atom stereocenters. The Kier molecular flexibility index (Phi) is 3.50. The van der Waals surface area contributed by atoms with E-state index in [0.717, 1.165) is 22.3 Å². The molecule has 3 nitrogen and oxygen atoms in total. The van der Waals surface area contributed by atoms with Crippen LogP contribution >= 0.6 is 35.0 Å².